The van der Waals surface area contributed by atoms with Crippen molar-refractivity contribution in [1.29, 1.82) is 0 Å². The molecule has 1 aliphatic carbocycles. The van der Waals surface area contributed by atoms with Crippen LogP contribution in [0.5, 0.6) is 0 Å². The SMILES string of the molecule is CCC1CC(C)CN1[C@@H]1CCC[C@H]1O. The number of nitrogens with zero attached hydrogens (tertiary/aromatic N) is 1. The Kier molecular flexibility index (Phi) is 3.13. The van der Waals surface area contributed by atoms with Crippen molar-refractivity contribution in [3.8, 4) is 0 Å². The van der Waals surface area contributed by atoms with Crippen LogP contribution in [-0.4, -0.2) is 34.7 Å². The number of rotatable bonds is 2. The Labute approximate surface area is 87.3 Å². The van der Waals surface area contributed by atoms with Crippen LogP contribution in [0.15, 0.2) is 0 Å². The molecule has 2 aliphatic rings. The van der Waals surface area contributed by atoms with Gasteiger partial charge in [0.2, 0.25) is 0 Å². The highest BCUT2D eigenvalue weighted by atomic mass is 16.3. The zero-order valence-corrected chi connectivity index (χ0v) is 9.45. The average Bonchev–Trinajstić information content (AvgIpc) is 2.71. The van der Waals surface area contributed by atoms with Gasteiger partial charge in [-0.3, -0.25) is 4.90 Å². The first-order valence-electron chi connectivity index (χ1n) is 6.16. The molecular formula is C12H23NO. The summed E-state index contributed by atoms with van der Waals surface area (Å²) in [5.41, 5.74) is 0. The van der Waals surface area contributed by atoms with E-state index in [0.717, 1.165) is 18.4 Å². The Morgan fingerprint density at radius 3 is 2.71 bits per heavy atom. The van der Waals surface area contributed by atoms with E-state index in [9.17, 15) is 5.11 Å². The Morgan fingerprint density at radius 2 is 2.14 bits per heavy atom. The quantitative estimate of drug-likeness (QED) is 0.732. The van der Waals surface area contributed by atoms with E-state index >= 15 is 0 Å². The molecule has 14 heavy (non-hydrogen) atoms. The van der Waals surface area contributed by atoms with Crippen LogP contribution in [0.25, 0.3) is 0 Å². The van der Waals surface area contributed by atoms with Crippen LogP contribution in [0.1, 0.15) is 46.0 Å². The topological polar surface area (TPSA) is 23.5 Å². The second-order valence-corrected chi connectivity index (χ2v) is 5.17. The molecule has 4 atom stereocenters. The Hall–Kier alpha value is -0.0800. The van der Waals surface area contributed by atoms with Crippen molar-refractivity contribution in [2.45, 2.75) is 64.1 Å². The maximum atomic E-state index is 9.91. The summed E-state index contributed by atoms with van der Waals surface area (Å²) < 4.78 is 0. The summed E-state index contributed by atoms with van der Waals surface area (Å²) in [6.45, 7) is 5.82. The average molecular weight is 197 g/mol. The summed E-state index contributed by atoms with van der Waals surface area (Å²) in [5.74, 6) is 0.827. The molecule has 1 saturated carbocycles. The molecule has 1 N–H and O–H groups in total. The van der Waals surface area contributed by atoms with E-state index in [4.69, 9.17) is 0 Å². The molecule has 2 fully saturated rings. The molecule has 0 aromatic rings. The van der Waals surface area contributed by atoms with Gasteiger partial charge in [0.25, 0.3) is 0 Å². The molecule has 0 spiro atoms. The number of likely N-dealkylation sites (tertiary alicyclic amines) is 1. The fraction of sp³-hybridized carbons (Fsp3) is 1.00. The van der Waals surface area contributed by atoms with Crippen molar-refractivity contribution in [2.75, 3.05) is 6.54 Å². The highest BCUT2D eigenvalue weighted by Crippen LogP contribution is 2.33. The lowest BCUT2D eigenvalue weighted by Gasteiger charge is -2.32. The van der Waals surface area contributed by atoms with Gasteiger partial charge >= 0.3 is 0 Å². The highest BCUT2D eigenvalue weighted by Gasteiger charge is 2.38. The lowest BCUT2D eigenvalue weighted by Crippen LogP contribution is -2.43. The third kappa shape index (κ3) is 1.82. The standard InChI is InChI=1S/C12H23NO/c1-3-10-7-9(2)8-13(10)11-5-4-6-12(11)14/h9-12,14H,3-8H2,1-2H3/t9?,10?,11-,12-/m1/s1. The molecule has 2 unspecified atom stereocenters. The molecule has 82 valence electrons. The molecule has 1 heterocycles. The summed E-state index contributed by atoms with van der Waals surface area (Å²) >= 11 is 0. The second-order valence-electron chi connectivity index (χ2n) is 5.17. The van der Waals surface area contributed by atoms with Crippen LogP contribution >= 0.6 is 0 Å². The zero-order chi connectivity index (χ0) is 10.1. The minimum atomic E-state index is -0.0469. The first-order valence-corrected chi connectivity index (χ1v) is 6.16. The Balaban J connectivity index is 2.01. The lowest BCUT2D eigenvalue weighted by molar-refractivity contribution is 0.0608. The van der Waals surface area contributed by atoms with Crippen LogP contribution < -0.4 is 0 Å². The van der Waals surface area contributed by atoms with Crippen molar-refractivity contribution in [1.82, 2.24) is 4.90 Å². The van der Waals surface area contributed by atoms with Crippen LogP contribution in [0.2, 0.25) is 0 Å². The summed E-state index contributed by atoms with van der Waals surface area (Å²) in [7, 11) is 0. The van der Waals surface area contributed by atoms with Crippen LogP contribution in [0, 0.1) is 5.92 Å². The number of hydrogen-bond donors (Lipinski definition) is 1. The van der Waals surface area contributed by atoms with Crippen molar-refractivity contribution in [3.63, 3.8) is 0 Å². The molecular weight excluding hydrogens is 174 g/mol. The van der Waals surface area contributed by atoms with E-state index in [1.165, 1.54) is 32.2 Å². The van der Waals surface area contributed by atoms with Gasteiger partial charge in [-0.1, -0.05) is 13.8 Å². The number of hydrogen-bond acceptors (Lipinski definition) is 2. The fourth-order valence-electron chi connectivity index (χ4n) is 3.30. The van der Waals surface area contributed by atoms with Gasteiger partial charge in [-0.25, -0.2) is 0 Å². The highest BCUT2D eigenvalue weighted by molar-refractivity contribution is 4.93. The maximum absolute atomic E-state index is 9.91. The van der Waals surface area contributed by atoms with Gasteiger partial charge in [0.15, 0.2) is 0 Å². The van der Waals surface area contributed by atoms with Crippen molar-refractivity contribution in [3.05, 3.63) is 0 Å². The fourth-order valence-corrected chi connectivity index (χ4v) is 3.30. The second kappa shape index (κ2) is 4.19. The lowest BCUT2D eigenvalue weighted by atomic mass is 10.1. The van der Waals surface area contributed by atoms with Gasteiger partial charge in [0, 0.05) is 18.6 Å². The van der Waals surface area contributed by atoms with Gasteiger partial charge in [-0.2, -0.15) is 0 Å². The van der Waals surface area contributed by atoms with E-state index in [-0.39, 0.29) is 6.10 Å². The van der Waals surface area contributed by atoms with Gasteiger partial charge in [0.1, 0.15) is 0 Å². The number of aliphatic hydroxyl groups excluding tert-OH is 1. The number of aliphatic hydroxyl groups is 1. The van der Waals surface area contributed by atoms with Crippen molar-refractivity contribution in [2.24, 2.45) is 5.92 Å². The minimum Gasteiger partial charge on any atom is -0.391 e. The van der Waals surface area contributed by atoms with Crippen LogP contribution in [0.3, 0.4) is 0 Å². The maximum Gasteiger partial charge on any atom is 0.0695 e. The normalized spacial score (nSPS) is 44.8. The van der Waals surface area contributed by atoms with E-state index in [0.29, 0.717) is 6.04 Å². The molecule has 0 radical (unpaired) electrons. The molecule has 0 bridgehead atoms. The Bertz CT molecular complexity index is 195. The Morgan fingerprint density at radius 1 is 1.36 bits per heavy atom. The van der Waals surface area contributed by atoms with Gasteiger partial charge in [-0.05, 0) is 38.0 Å². The first-order chi connectivity index (χ1) is 6.72. The molecule has 0 amide bonds. The van der Waals surface area contributed by atoms with Crippen LogP contribution in [0.4, 0.5) is 0 Å². The molecule has 2 heteroatoms. The minimum absolute atomic E-state index is 0.0469. The van der Waals surface area contributed by atoms with E-state index < -0.39 is 0 Å². The largest absolute Gasteiger partial charge is 0.391 e. The first kappa shape index (κ1) is 10.4. The zero-order valence-electron chi connectivity index (χ0n) is 9.45. The van der Waals surface area contributed by atoms with Crippen molar-refractivity contribution >= 4 is 0 Å². The molecule has 2 rings (SSSR count). The van der Waals surface area contributed by atoms with Gasteiger partial charge < -0.3 is 5.11 Å². The summed E-state index contributed by atoms with van der Waals surface area (Å²) in [6, 6.07) is 1.22. The molecule has 1 saturated heterocycles. The van der Waals surface area contributed by atoms with E-state index in [1.54, 1.807) is 0 Å². The third-order valence-corrected chi connectivity index (χ3v) is 4.01. The third-order valence-electron chi connectivity index (χ3n) is 4.01. The summed E-state index contributed by atoms with van der Waals surface area (Å²) in [6.07, 6.45) is 5.98. The molecule has 2 nitrogen and oxygen atoms in total. The van der Waals surface area contributed by atoms with Gasteiger partial charge in [-0.15, -0.1) is 0 Å². The monoisotopic (exact) mass is 197 g/mol. The van der Waals surface area contributed by atoms with E-state index in [2.05, 4.69) is 18.7 Å². The molecule has 1 aliphatic heterocycles. The summed E-state index contributed by atoms with van der Waals surface area (Å²) in [5, 5.41) is 9.91. The summed E-state index contributed by atoms with van der Waals surface area (Å²) in [4.78, 5) is 2.59. The van der Waals surface area contributed by atoms with E-state index in [1.807, 2.05) is 0 Å². The molecule has 0 aromatic heterocycles. The smallest absolute Gasteiger partial charge is 0.0695 e. The van der Waals surface area contributed by atoms with Crippen LogP contribution in [-0.2, 0) is 0 Å². The predicted octanol–water partition coefficient (Wildman–Crippen LogP) is 2.02. The van der Waals surface area contributed by atoms with Gasteiger partial charge in [0.05, 0.1) is 6.10 Å². The molecule has 0 aromatic carbocycles. The van der Waals surface area contributed by atoms with Crippen molar-refractivity contribution < 1.29 is 5.11 Å². The predicted molar refractivity (Wildman–Crippen MR) is 58.2 cm³/mol.